The van der Waals surface area contributed by atoms with E-state index >= 15 is 0 Å². The molecule has 2 atom stereocenters. The summed E-state index contributed by atoms with van der Waals surface area (Å²) in [5.74, 6) is 1.41. The van der Waals surface area contributed by atoms with Crippen molar-refractivity contribution in [3.05, 3.63) is 47.3 Å². The molecular formula is C19H23N3O2. The highest BCUT2D eigenvalue weighted by molar-refractivity contribution is 5.80. The summed E-state index contributed by atoms with van der Waals surface area (Å²) in [4.78, 5) is 15.0. The van der Waals surface area contributed by atoms with Crippen LogP contribution >= 0.6 is 0 Å². The maximum absolute atomic E-state index is 13.0. The zero-order valence-electron chi connectivity index (χ0n) is 14.0. The van der Waals surface area contributed by atoms with Crippen LogP contribution in [0.2, 0.25) is 0 Å². The van der Waals surface area contributed by atoms with Crippen molar-refractivity contribution in [2.75, 3.05) is 19.7 Å². The number of para-hydroxylation sites is 1. The number of carbonyl (C=O) groups excluding carboxylic acids is 1. The summed E-state index contributed by atoms with van der Waals surface area (Å²) in [6.07, 6.45) is 2.90. The number of likely N-dealkylation sites (tertiary alicyclic amines) is 1. The van der Waals surface area contributed by atoms with Crippen molar-refractivity contribution in [3.8, 4) is 5.75 Å². The molecule has 0 bridgehead atoms. The van der Waals surface area contributed by atoms with Crippen LogP contribution in [-0.4, -0.2) is 40.7 Å². The van der Waals surface area contributed by atoms with Crippen LogP contribution in [0, 0.1) is 12.8 Å². The number of aromatic amines is 1. The third-order valence-electron chi connectivity index (χ3n) is 5.11. The van der Waals surface area contributed by atoms with E-state index in [4.69, 9.17) is 4.74 Å². The second-order valence-corrected chi connectivity index (χ2v) is 6.92. The summed E-state index contributed by atoms with van der Waals surface area (Å²) in [5.41, 5.74) is 3.29. The van der Waals surface area contributed by atoms with Gasteiger partial charge < -0.3 is 9.64 Å². The van der Waals surface area contributed by atoms with Crippen molar-refractivity contribution in [1.82, 2.24) is 15.1 Å². The Kier molecular flexibility index (Phi) is 4.00. The fourth-order valence-corrected chi connectivity index (χ4v) is 3.81. The molecular weight excluding hydrogens is 302 g/mol. The molecule has 24 heavy (non-hydrogen) atoms. The van der Waals surface area contributed by atoms with E-state index in [0.29, 0.717) is 12.5 Å². The average Bonchev–Trinajstić information content (AvgIpc) is 3.07. The second-order valence-electron chi connectivity index (χ2n) is 6.92. The van der Waals surface area contributed by atoms with Gasteiger partial charge in [-0.25, -0.2) is 0 Å². The van der Waals surface area contributed by atoms with E-state index in [0.717, 1.165) is 55.1 Å². The van der Waals surface area contributed by atoms with Gasteiger partial charge in [0.25, 0.3) is 0 Å². The SMILES string of the molecule is Cc1cc(C2CCCN(C(=O)C3COc4ccccc4C3)C2)n[nH]1. The van der Waals surface area contributed by atoms with Gasteiger partial charge in [-0.1, -0.05) is 18.2 Å². The predicted molar refractivity (Wildman–Crippen MR) is 91.0 cm³/mol. The number of aromatic nitrogens is 2. The zero-order chi connectivity index (χ0) is 16.5. The molecule has 1 amide bonds. The molecule has 0 saturated carbocycles. The number of nitrogens with zero attached hydrogens (tertiary/aromatic N) is 2. The first-order chi connectivity index (χ1) is 11.7. The Morgan fingerprint density at radius 1 is 1.38 bits per heavy atom. The van der Waals surface area contributed by atoms with Crippen LogP contribution in [0.15, 0.2) is 30.3 Å². The van der Waals surface area contributed by atoms with Gasteiger partial charge in [0.1, 0.15) is 12.4 Å². The number of ether oxygens (including phenoxy) is 1. The summed E-state index contributed by atoms with van der Waals surface area (Å²) in [6.45, 7) is 4.11. The van der Waals surface area contributed by atoms with E-state index < -0.39 is 0 Å². The minimum absolute atomic E-state index is 0.0698. The highest BCUT2D eigenvalue weighted by atomic mass is 16.5. The number of aryl methyl sites for hydroxylation is 1. The number of benzene rings is 1. The fraction of sp³-hybridized carbons (Fsp3) is 0.474. The van der Waals surface area contributed by atoms with Crippen LogP contribution < -0.4 is 4.74 Å². The summed E-state index contributed by atoms with van der Waals surface area (Å²) in [7, 11) is 0. The molecule has 3 heterocycles. The van der Waals surface area contributed by atoms with Crippen LogP contribution in [0.4, 0.5) is 0 Å². The Morgan fingerprint density at radius 2 is 2.25 bits per heavy atom. The first-order valence-electron chi connectivity index (χ1n) is 8.72. The Labute approximate surface area is 142 Å². The molecule has 5 heteroatoms. The minimum Gasteiger partial charge on any atom is -0.492 e. The molecule has 4 rings (SSSR count). The number of H-pyrrole nitrogens is 1. The molecule has 0 spiro atoms. The molecule has 2 aromatic rings. The van der Waals surface area contributed by atoms with Crippen LogP contribution in [0.3, 0.4) is 0 Å². The number of fused-ring (bicyclic) bond motifs is 1. The van der Waals surface area contributed by atoms with E-state index in [1.165, 1.54) is 0 Å². The number of hydrogen-bond donors (Lipinski definition) is 1. The molecule has 1 aromatic heterocycles. The number of rotatable bonds is 2. The molecule has 126 valence electrons. The molecule has 0 aliphatic carbocycles. The lowest BCUT2D eigenvalue weighted by molar-refractivity contribution is -0.138. The Hall–Kier alpha value is -2.30. The van der Waals surface area contributed by atoms with Crippen LogP contribution in [-0.2, 0) is 11.2 Å². The van der Waals surface area contributed by atoms with E-state index in [1.54, 1.807) is 0 Å². The van der Waals surface area contributed by atoms with Gasteiger partial charge in [-0.3, -0.25) is 9.89 Å². The smallest absolute Gasteiger partial charge is 0.229 e. The largest absolute Gasteiger partial charge is 0.492 e. The number of hydrogen-bond acceptors (Lipinski definition) is 3. The van der Waals surface area contributed by atoms with Gasteiger partial charge in [0.05, 0.1) is 11.6 Å². The minimum atomic E-state index is -0.0698. The van der Waals surface area contributed by atoms with E-state index in [9.17, 15) is 4.79 Å². The van der Waals surface area contributed by atoms with Crippen LogP contribution in [0.25, 0.3) is 0 Å². The zero-order valence-corrected chi connectivity index (χ0v) is 14.0. The number of piperidine rings is 1. The first kappa shape index (κ1) is 15.2. The third-order valence-corrected chi connectivity index (χ3v) is 5.11. The second kappa shape index (κ2) is 6.30. The maximum atomic E-state index is 13.0. The van der Waals surface area contributed by atoms with Gasteiger partial charge in [0, 0.05) is 24.7 Å². The van der Waals surface area contributed by atoms with E-state index in [-0.39, 0.29) is 11.8 Å². The van der Waals surface area contributed by atoms with Crippen LogP contribution in [0.5, 0.6) is 5.75 Å². The summed E-state index contributed by atoms with van der Waals surface area (Å²) in [5, 5.41) is 7.40. The molecule has 1 N–H and O–H groups in total. The van der Waals surface area contributed by atoms with Crippen molar-refractivity contribution >= 4 is 5.91 Å². The fourth-order valence-electron chi connectivity index (χ4n) is 3.81. The Balaban J connectivity index is 1.45. The topological polar surface area (TPSA) is 58.2 Å². The number of carbonyl (C=O) groups is 1. The first-order valence-corrected chi connectivity index (χ1v) is 8.72. The lowest BCUT2D eigenvalue weighted by Gasteiger charge is -2.35. The Bertz CT molecular complexity index is 740. The van der Waals surface area contributed by atoms with Crippen molar-refractivity contribution < 1.29 is 9.53 Å². The predicted octanol–water partition coefficient (Wildman–Crippen LogP) is 2.68. The molecule has 0 radical (unpaired) electrons. The lowest BCUT2D eigenvalue weighted by Crippen LogP contribution is -2.45. The highest BCUT2D eigenvalue weighted by Gasteiger charge is 2.33. The number of amides is 1. The molecule has 2 aliphatic heterocycles. The summed E-state index contributed by atoms with van der Waals surface area (Å²) < 4.78 is 5.80. The molecule has 5 nitrogen and oxygen atoms in total. The van der Waals surface area contributed by atoms with Gasteiger partial charge in [0.2, 0.25) is 5.91 Å². The van der Waals surface area contributed by atoms with Gasteiger partial charge in [-0.05, 0) is 43.9 Å². The lowest BCUT2D eigenvalue weighted by atomic mass is 9.91. The summed E-state index contributed by atoms with van der Waals surface area (Å²) in [6, 6.07) is 10.1. The maximum Gasteiger partial charge on any atom is 0.229 e. The summed E-state index contributed by atoms with van der Waals surface area (Å²) >= 11 is 0. The van der Waals surface area contributed by atoms with Gasteiger partial charge >= 0.3 is 0 Å². The quantitative estimate of drug-likeness (QED) is 0.923. The average molecular weight is 325 g/mol. The van der Waals surface area contributed by atoms with E-state index in [1.807, 2.05) is 30.0 Å². The molecule has 1 fully saturated rings. The van der Waals surface area contributed by atoms with Crippen molar-refractivity contribution in [2.24, 2.45) is 5.92 Å². The molecule has 1 aromatic carbocycles. The van der Waals surface area contributed by atoms with Gasteiger partial charge in [0.15, 0.2) is 0 Å². The van der Waals surface area contributed by atoms with Gasteiger partial charge in [-0.15, -0.1) is 0 Å². The molecule has 2 aliphatic rings. The van der Waals surface area contributed by atoms with Gasteiger partial charge in [-0.2, -0.15) is 5.10 Å². The highest BCUT2D eigenvalue weighted by Crippen LogP contribution is 2.30. The Morgan fingerprint density at radius 3 is 3.08 bits per heavy atom. The normalized spacial score (nSPS) is 23.5. The standard InChI is InChI=1S/C19H23N3O2/c1-13-9-17(21-20-13)15-6-4-8-22(11-15)19(23)16-10-14-5-2-3-7-18(14)24-12-16/h2-3,5,7,9,15-16H,4,6,8,10-12H2,1H3,(H,20,21). The monoisotopic (exact) mass is 325 g/mol. The van der Waals surface area contributed by atoms with Crippen molar-refractivity contribution in [3.63, 3.8) is 0 Å². The van der Waals surface area contributed by atoms with E-state index in [2.05, 4.69) is 22.3 Å². The molecule has 1 saturated heterocycles. The number of nitrogens with one attached hydrogen (secondary N) is 1. The van der Waals surface area contributed by atoms with Crippen LogP contribution in [0.1, 0.15) is 35.7 Å². The third kappa shape index (κ3) is 2.90. The van der Waals surface area contributed by atoms with Crippen molar-refractivity contribution in [1.29, 1.82) is 0 Å². The van der Waals surface area contributed by atoms with Crippen molar-refractivity contribution in [2.45, 2.75) is 32.1 Å². The molecule has 2 unspecified atom stereocenters.